The first kappa shape index (κ1) is 13.5. The van der Waals surface area contributed by atoms with E-state index in [1.54, 1.807) is 11.1 Å². The van der Waals surface area contributed by atoms with Crippen molar-refractivity contribution in [2.75, 3.05) is 0 Å². The second-order valence-corrected chi connectivity index (χ2v) is 7.97. The van der Waals surface area contributed by atoms with Gasteiger partial charge < -0.3 is 0 Å². The van der Waals surface area contributed by atoms with Gasteiger partial charge in [0.15, 0.2) is 0 Å². The zero-order valence-corrected chi connectivity index (χ0v) is 13.5. The Balaban J connectivity index is 1.75. The van der Waals surface area contributed by atoms with E-state index in [9.17, 15) is 4.79 Å². The van der Waals surface area contributed by atoms with E-state index >= 15 is 0 Å². The average Bonchev–Trinajstić information content (AvgIpc) is 2.76. The van der Waals surface area contributed by atoms with Crippen LogP contribution in [0.15, 0.2) is 12.1 Å². The Morgan fingerprint density at radius 3 is 2.62 bits per heavy atom. The molecular formula is C20H26O. The molecule has 0 aliphatic heterocycles. The van der Waals surface area contributed by atoms with Gasteiger partial charge in [0.1, 0.15) is 5.78 Å². The van der Waals surface area contributed by atoms with Gasteiger partial charge in [0.05, 0.1) is 0 Å². The maximum absolute atomic E-state index is 12.3. The maximum atomic E-state index is 12.3. The third kappa shape index (κ3) is 1.79. The van der Waals surface area contributed by atoms with Gasteiger partial charge in [-0.15, -0.1) is 0 Å². The van der Waals surface area contributed by atoms with Crippen molar-refractivity contribution in [2.45, 2.75) is 65.2 Å². The van der Waals surface area contributed by atoms with Crippen LogP contribution in [0.25, 0.3) is 0 Å². The molecule has 2 fully saturated rings. The highest BCUT2D eigenvalue weighted by atomic mass is 16.1. The highest BCUT2D eigenvalue weighted by Crippen LogP contribution is 2.59. The fourth-order valence-corrected chi connectivity index (χ4v) is 5.63. The fourth-order valence-electron chi connectivity index (χ4n) is 5.63. The number of rotatable bonds is 0. The van der Waals surface area contributed by atoms with Crippen molar-refractivity contribution < 1.29 is 4.79 Å². The summed E-state index contributed by atoms with van der Waals surface area (Å²) in [6.45, 7) is 6.74. The highest BCUT2D eigenvalue weighted by molar-refractivity contribution is 5.87. The summed E-state index contributed by atoms with van der Waals surface area (Å²) in [5, 5.41) is 0. The van der Waals surface area contributed by atoms with Crippen LogP contribution in [0.2, 0.25) is 0 Å². The molecule has 0 saturated heterocycles. The zero-order valence-electron chi connectivity index (χ0n) is 13.5. The van der Waals surface area contributed by atoms with Gasteiger partial charge in [-0.25, -0.2) is 0 Å². The summed E-state index contributed by atoms with van der Waals surface area (Å²) < 4.78 is 0. The lowest BCUT2D eigenvalue weighted by Gasteiger charge is -2.48. The Morgan fingerprint density at radius 2 is 1.81 bits per heavy atom. The van der Waals surface area contributed by atoms with E-state index in [0.717, 1.165) is 31.1 Å². The van der Waals surface area contributed by atoms with E-state index in [-0.39, 0.29) is 5.41 Å². The standard InChI is InChI=1S/C20H26O/c1-12-10-14-4-5-16-15(17(14)11-13(12)2)8-9-20(3)18(16)6-7-19(20)21/h10-11,15-16,18H,4-9H2,1-3H3/t15?,16?,18?,20-/m0/s1. The lowest BCUT2D eigenvalue weighted by atomic mass is 9.55. The normalized spacial score (nSPS) is 37.9. The van der Waals surface area contributed by atoms with Crippen LogP contribution in [-0.2, 0) is 11.2 Å². The number of hydrogen-bond acceptors (Lipinski definition) is 1. The highest BCUT2D eigenvalue weighted by Gasteiger charge is 2.54. The maximum Gasteiger partial charge on any atom is 0.139 e. The molecule has 4 rings (SSSR count). The third-order valence-corrected chi connectivity index (χ3v) is 7.05. The van der Waals surface area contributed by atoms with Crippen molar-refractivity contribution in [1.29, 1.82) is 0 Å². The Hall–Kier alpha value is -1.11. The largest absolute Gasteiger partial charge is 0.299 e. The Morgan fingerprint density at radius 1 is 1.05 bits per heavy atom. The molecule has 1 aromatic rings. The smallest absolute Gasteiger partial charge is 0.139 e. The predicted molar refractivity (Wildman–Crippen MR) is 85.5 cm³/mol. The van der Waals surface area contributed by atoms with Crippen molar-refractivity contribution in [3.05, 3.63) is 34.4 Å². The average molecular weight is 282 g/mol. The number of carbonyl (C=O) groups excluding carboxylic acids is 1. The van der Waals surface area contributed by atoms with E-state index in [0.29, 0.717) is 11.7 Å². The second-order valence-electron chi connectivity index (χ2n) is 7.97. The zero-order chi connectivity index (χ0) is 14.8. The van der Waals surface area contributed by atoms with Crippen LogP contribution < -0.4 is 0 Å². The minimum Gasteiger partial charge on any atom is -0.299 e. The number of benzene rings is 1. The van der Waals surface area contributed by atoms with Gasteiger partial charge >= 0.3 is 0 Å². The molecule has 3 aliphatic rings. The SMILES string of the molecule is Cc1cc2c(cc1C)C1CC[C@]3(C)C(=O)CCC3C1CC2. The van der Waals surface area contributed by atoms with Crippen LogP contribution >= 0.6 is 0 Å². The van der Waals surface area contributed by atoms with Crippen molar-refractivity contribution in [2.24, 2.45) is 17.3 Å². The number of carbonyl (C=O) groups is 1. The van der Waals surface area contributed by atoms with Crippen molar-refractivity contribution >= 4 is 5.78 Å². The quantitative estimate of drug-likeness (QED) is 0.672. The molecule has 2 saturated carbocycles. The van der Waals surface area contributed by atoms with E-state index in [1.807, 2.05) is 0 Å². The molecule has 1 nitrogen and oxygen atoms in total. The monoisotopic (exact) mass is 282 g/mol. The summed E-state index contributed by atoms with van der Waals surface area (Å²) in [6.07, 6.45) is 6.84. The number of hydrogen-bond donors (Lipinski definition) is 0. The fraction of sp³-hybridized carbons (Fsp3) is 0.650. The lowest BCUT2D eigenvalue weighted by Crippen LogP contribution is -2.42. The molecular weight excluding hydrogens is 256 g/mol. The van der Waals surface area contributed by atoms with E-state index < -0.39 is 0 Å². The van der Waals surface area contributed by atoms with Crippen LogP contribution in [0.1, 0.15) is 67.2 Å². The summed E-state index contributed by atoms with van der Waals surface area (Å²) >= 11 is 0. The first-order valence-corrected chi connectivity index (χ1v) is 8.64. The molecule has 21 heavy (non-hydrogen) atoms. The number of fused-ring (bicyclic) bond motifs is 5. The summed E-state index contributed by atoms with van der Waals surface area (Å²) in [6, 6.07) is 4.88. The van der Waals surface area contributed by atoms with Gasteiger partial charge in [-0.1, -0.05) is 19.1 Å². The van der Waals surface area contributed by atoms with Gasteiger partial charge in [0.2, 0.25) is 0 Å². The molecule has 0 amide bonds. The number of aryl methyl sites for hydroxylation is 3. The second kappa shape index (κ2) is 4.44. The molecule has 1 aromatic carbocycles. The summed E-state index contributed by atoms with van der Waals surface area (Å²) in [7, 11) is 0. The molecule has 0 spiro atoms. The topological polar surface area (TPSA) is 17.1 Å². The molecule has 3 aliphatic carbocycles. The Kier molecular flexibility index (Phi) is 2.87. The van der Waals surface area contributed by atoms with E-state index in [4.69, 9.17) is 0 Å². The van der Waals surface area contributed by atoms with Gasteiger partial charge in [0, 0.05) is 11.8 Å². The molecule has 1 heteroatoms. The van der Waals surface area contributed by atoms with Crippen molar-refractivity contribution in [3.8, 4) is 0 Å². The molecule has 3 unspecified atom stereocenters. The third-order valence-electron chi connectivity index (χ3n) is 7.05. The van der Waals surface area contributed by atoms with Crippen LogP contribution in [-0.4, -0.2) is 5.78 Å². The first-order chi connectivity index (χ1) is 10.0. The van der Waals surface area contributed by atoms with Crippen LogP contribution in [0.3, 0.4) is 0 Å². The van der Waals surface area contributed by atoms with Gasteiger partial charge in [0.25, 0.3) is 0 Å². The molecule has 4 atom stereocenters. The number of ketones is 1. The van der Waals surface area contributed by atoms with Gasteiger partial charge in [-0.2, -0.15) is 0 Å². The molecule has 0 radical (unpaired) electrons. The summed E-state index contributed by atoms with van der Waals surface area (Å²) in [5.41, 5.74) is 6.09. The van der Waals surface area contributed by atoms with Gasteiger partial charge in [-0.3, -0.25) is 4.79 Å². The van der Waals surface area contributed by atoms with Crippen molar-refractivity contribution in [3.63, 3.8) is 0 Å². The Labute approximate surface area is 128 Å². The number of Topliss-reactive ketones (excluding diaryl/α,β-unsaturated/α-hetero) is 1. The van der Waals surface area contributed by atoms with Crippen LogP contribution in [0.5, 0.6) is 0 Å². The lowest BCUT2D eigenvalue weighted by molar-refractivity contribution is -0.129. The summed E-state index contributed by atoms with van der Waals surface area (Å²) in [4.78, 5) is 12.3. The molecule has 0 bridgehead atoms. The minimum atomic E-state index is 0.0123. The first-order valence-electron chi connectivity index (χ1n) is 8.64. The predicted octanol–water partition coefficient (Wildman–Crippen LogP) is 4.73. The minimum absolute atomic E-state index is 0.0123. The Bertz CT molecular complexity index is 615. The van der Waals surface area contributed by atoms with Crippen LogP contribution in [0, 0.1) is 31.1 Å². The summed E-state index contributed by atoms with van der Waals surface area (Å²) in [5.74, 6) is 2.68. The van der Waals surface area contributed by atoms with Crippen LogP contribution in [0.4, 0.5) is 0 Å². The van der Waals surface area contributed by atoms with E-state index in [2.05, 4.69) is 32.9 Å². The molecule has 112 valence electrons. The molecule has 0 N–H and O–H groups in total. The molecule has 0 heterocycles. The molecule has 0 aromatic heterocycles. The van der Waals surface area contributed by atoms with Crippen molar-refractivity contribution in [1.82, 2.24) is 0 Å². The van der Waals surface area contributed by atoms with E-state index in [1.165, 1.54) is 30.4 Å². The van der Waals surface area contributed by atoms with Gasteiger partial charge in [-0.05, 0) is 86.0 Å².